The number of hydrogen-bond acceptors (Lipinski definition) is 1. The van der Waals surface area contributed by atoms with Crippen molar-refractivity contribution in [2.24, 2.45) is 5.92 Å². The van der Waals surface area contributed by atoms with Crippen molar-refractivity contribution in [2.45, 2.75) is 51.6 Å². The summed E-state index contributed by atoms with van der Waals surface area (Å²) in [5, 5.41) is 10.7. The Bertz CT molecular complexity index is 352. The maximum absolute atomic E-state index is 10.7. The standard InChI is InChI=1S/C15H22O/c1-11(2)13-6-8-14(9-7-13)15(16)10-4-5-12(15)3/h6-9,11-12,16H,4-5,10H2,1-3H3. The van der Waals surface area contributed by atoms with E-state index in [9.17, 15) is 5.11 Å². The minimum Gasteiger partial charge on any atom is -0.385 e. The van der Waals surface area contributed by atoms with Gasteiger partial charge in [-0.15, -0.1) is 0 Å². The lowest BCUT2D eigenvalue weighted by Crippen LogP contribution is -2.28. The molecule has 1 aromatic carbocycles. The number of aliphatic hydroxyl groups is 1. The van der Waals surface area contributed by atoms with Gasteiger partial charge in [0.2, 0.25) is 0 Å². The fraction of sp³-hybridized carbons (Fsp3) is 0.600. The van der Waals surface area contributed by atoms with Gasteiger partial charge in [0, 0.05) is 0 Å². The summed E-state index contributed by atoms with van der Waals surface area (Å²) < 4.78 is 0. The molecule has 2 atom stereocenters. The predicted molar refractivity (Wildman–Crippen MR) is 67.4 cm³/mol. The van der Waals surface area contributed by atoms with E-state index in [0.29, 0.717) is 11.8 Å². The summed E-state index contributed by atoms with van der Waals surface area (Å²) in [7, 11) is 0. The summed E-state index contributed by atoms with van der Waals surface area (Å²) in [4.78, 5) is 0. The van der Waals surface area contributed by atoms with Gasteiger partial charge in [-0.05, 0) is 42.2 Å². The van der Waals surface area contributed by atoms with E-state index in [0.717, 1.165) is 24.8 Å². The highest BCUT2D eigenvalue weighted by atomic mass is 16.3. The Kier molecular flexibility index (Phi) is 3.07. The average Bonchev–Trinajstić information content (AvgIpc) is 2.61. The van der Waals surface area contributed by atoms with Crippen LogP contribution in [-0.2, 0) is 5.60 Å². The zero-order chi connectivity index (χ0) is 11.8. The van der Waals surface area contributed by atoms with E-state index in [2.05, 4.69) is 45.0 Å². The monoisotopic (exact) mass is 218 g/mol. The molecule has 0 saturated heterocycles. The molecule has 0 aliphatic heterocycles. The van der Waals surface area contributed by atoms with Crippen molar-refractivity contribution in [3.63, 3.8) is 0 Å². The molecular formula is C15H22O. The van der Waals surface area contributed by atoms with Crippen molar-refractivity contribution in [1.82, 2.24) is 0 Å². The SMILES string of the molecule is CC(C)c1ccc(C2(O)CCCC2C)cc1. The van der Waals surface area contributed by atoms with Gasteiger partial charge in [0.05, 0.1) is 5.60 Å². The van der Waals surface area contributed by atoms with Crippen molar-refractivity contribution in [3.05, 3.63) is 35.4 Å². The van der Waals surface area contributed by atoms with Gasteiger partial charge in [-0.3, -0.25) is 0 Å². The van der Waals surface area contributed by atoms with Crippen LogP contribution in [0.2, 0.25) is 0 Å². The van der Waals surface area contributed by atoms with Gasteiger partial charge in [0.15, 0.2) is 0 Å². The van der Waals surface area contributed by atoms with Crippen LogP contribution in [0.15, 0.2) is 24.3 Å². The van der Waals surface area contributed by atoms with E-state index in [1.165, 1.54) is 5.56 Å². The van der Waals surface area contributed by atoms with E-state index in [-0.39, 0.29) is 0 Å². The molecule has 16 heavy (non-hydrogen) atoms. The van der Waals surface area contributed by atoms with Gasteiger partial charge in [0.1, 0.15) is 0 Å². The summed E-state index contributed by atoms with van der Waals surface area (Å²) >= 11 is 0. The lowest BCUT2D eigenvalue weighted by Gasteiger charge is -2.28. The zero-order valence-corrected chi connectivity index (χ0v) is 10.5. The lowest BCUT2D eigenvalue weighted by atomic mass is 9.84. The predicted octanol–water partition coefficient (Wildman–Crippen LogP) is 3.82. The van der Waals surface area contributed by atoms with Gasteiger partial charge >= 0.3 is 0 Å². The quantitative estimate of drug-likeness (QED) is 0.800. The number of benzene rings is 1. The number of rotatable bonds is 2. The maximum Gasteiger partial charge on any atom is 0.0921 e. The summed E-state index contributed by atoms with van der Waals surface area (Å²) in [6.45, 7) is 6.55. The molecule has 1 fully saturated rings. The molecule has 88 valence electrons. The zero-order valence-electron chi connectivity index (χ0n) is 10.5. The van der Waals surface area contributed by atoms with Crippen LogP contribution in [0.1, 0.15) is 57.1 Å². The molecule has 1 nitrogen and oxygen atoms in total. The largest absolute Gasteiger partial charge is 0.385 e. The van der Waals surface area contributed by atoms with Crippen LogP contribution in [0.4, 0.5) is 0 Å². The van der Waals surface area contributed by atoms with Crippen LogP contribution in [-0.4, -0.2) is 5.11 Å². The van der Waals surface area contributed by atoms with Crippen LogP contribution in [0, 0.1) is 5.92 Å². The average molecular weight is 218 g/mol. The molecule has 0 amide bonds. The first-order valence-electron chi connectivity index (χ1n) is 6.37. The van der Waals surface area contributed by atoms with Gasteiger partial charge in [0.25, 0.3) is 0 Å². The van der Waals surface area contributed by atoms with E-state index in [1.807, 2.05) is 0 Å². The fourth-order valence-corrected chi connectivity index (χ4v) is 2.75. The summed E-state index contributed by atoms with van der Waals surface area (Å²) in [6.07, 6.45) is 3.20. The Morgan fingerprint density at radius 2 is 1.88 bits per heavy atom. The van der Waals surface area contributed by atoms with Crippen LogP contribution in [0.5, 0.6) is 0 Å². The summed E-state index contributed by atoms with van der Waals surface area (Å²) in [6, 6.07) is 8.53. The lowest BCUT2D eigenvalue weighted by molar-refractivity contribution is 0.00447. The molecule has 0 bridgehead atoms. The van der Waals surface area contributed by atoms with Gasteiger partial charge in [-0.1, -0.05) is 45.0 Å². The smallest absolute Gasteiger partial charge is 0.0921 e. The van der Waals surface area contributed by atoms with Crippen LogP contribution in [0.3, 0.4) is 0 Å². The third-order valence-corrected chi connectivity index (χ3v) is 4.09. The second kappa shape index (κ2) is 4.21. The molecular weight excluding hydrogens is 196 g/mol. The molecule has 1 aromatic rings. The molecule has 1 saturated carbocycles. The molecule has 1 aliphatic rings. The molecule has 0 radical (unpaired) electrons. The van der Waals surface area contributed by atoms with Crippen LogP contribution < -0.4 is 0 Å². The van der Waals surface area contributed by atoms with Crippen molar-refractivity contribution < 1.29 is 5.11 Å². The first-order valence-corrected chi connectivity index (χ1v) is 6.37. The highest BCUT2D eigenvalue weighted by molar-refractivity contribution is 5.30. The third-order valence-electron chi connectivity index (χ3n) is 4.09. The molecule has 0 spiro atoms. The van der Waals surface area contributed by atoms with Crippen molar-refractivity contribution in [1.29, 1.82) is 0 Å². The molecule has 0 aromatic heterocycles. The minimum atomic E-state index is -0.574. The first-order chi connectivity index (χ1) is 7.54. The Morgan fingerprint density at radius 3 is 2.31 bits per heavy atom. The maximum atomic E-state index is 10.7. The van der Waals surface area contributed by atoms with E-state index >= 15 is 0 Å². The van der Waals surface area contributed by atoms with Gasteiger partial charge < -0.3 is 5.11 Å². The van der Waals surface area contributed by atoms with E-state index in [4.69, 9.17) is 0 Å². The topological polar surface area (TPSA) is 20.2 Å². The molecule has 2 rings (SSSR count). The number of hydrogen-bond donors (Lipinski definition) is 1. The Hall–Kier alpha value is -0.820. The minimum absolute atomic E-state index is 0.386. The summed E-state index contributed by atoms with van der Waals surface area (Å²) in [5.74, 6) is 0.946. The van der Waals surface area contributed by atoms with Crippen molar-refractivity contribution in [3.8, 4) is 0 Å². The normalized spacial score (nSPS) is 29.9. The highest BCUT2D eigenvalue weighted by Gasteiger charge is 2.39. The molecule has 2 unspecified atom stereocenters. The Morgan fingerprint density at radius 1 is 1.25 bits per heavy atom. The third kappa shape index (κ3) is 1.89. The summed E-state index contributed by atoms with van der Waals surface area (Å²) in [5.41, 5.74) is 1.87. The van der Waals surface area contributed by atoms with Crippen LogP contribution in [0.25, 0.3) is 0 Å². The molecule has 0 heterocycles. The fourth-order valence-electron chi connectivity index (χ4n) is 2.75. The second-order valence-electron chi connectivity index (χ2n) is 5.49. The van der Waals surface area contributed by atoms with Crippen molar-refractivity contribution >= 4 is 0 Å². The Labute approximate surface area is 98.5 Å². The van der Waals surface area contributed by atoms with E-state index in [1.54, 1.807) is 0 Å². The van der Waals surface area contributed by atoms with Crippen LogP contribution >= 0.6 is 0 Å². The first kappa shape index (κ1) is 11.7. The molecule has 1 N–H and O–H groups in total. The van der Waals surface area contributed by atoms with Gasteiger partial charge in [-0.25, -0.2) is 0 Å². The van der Waals surface area contributed by atoms with Gasteiger partial charge in [-0.2, -0.15) is 0 Å². The highest BCUT2D eigenvalue weighted by Crippen LogP contribution is 2.43. The van der Waals surface area contributed by atoms with Crippen molar-refractivity contribution in [2.75, 3.05) is 0 Å². The second-order valence-corrected chi connectivity index (χ2v) is 5.49. The Balaban J connectivity index is 2.27. The molecule has 1 aliphatic carbocycles. The molecule has 1 heteroatoms. The van der Waals surface area contributed by atoms with E-state index < -0.39 is 5.60 Å².